The number of carbonyl (C=O) groups excluding carboxylic acids is 1. The van der Waals surface area contributed by atoms with Crippen molar-refractivity contribution in [2.24, 2.45) is 0 Å². The summed E-state index contributed by atoms with van der Waals surface area (Å²) in [5.74, 6) is 0.622. The van der Waals surface area contributed by atoms with Gasteiger partial charge < -0.3 is 10.1 Å². The van der Waals surface area contributed by atoms with Crippen molar-refractivity contribution in [3.05, 3.63) is 69.1 Å². The Hall–Kier alpha value is -2.93. The second kappa shape index (κ2) is 6.18. The number of hydrogen-bond acceptors (Lipinski definition) is 5. The van der Waals surface area contributed by atoms with E-state index in [1.807, 2.05) is 24.3 Å². The molecule has 0 fully saturated rings. The van der Waals surface area contributed by atoms with Crippen LogP contribution >= 0.6 is 11.3 Å². The number of benzene rings is 2. The van der Waals surface area contributed by atoms with Crippen LogP contribution in [0.5, 0.6) is 5.75 Å². The van der Waals surface area contributed by atoms with Gasteiger partial charge in [-0.25, -0.2) is 0 Å². The highest BCUT2D eigenvalue weighted by molar-refractivity contribution is 7.20. The zero-order valence-corrected chi connectivity index (χ0v) is 13.9. The smallest absolute Gasteiger partial charge is 0.270 e. The molecule has 1 aromatic heterocycles. The van der Waals surface area contributed by atoms with Crippen molar-refractivity contribution < 1.29 is 14.5 Å². The SMILES string of the molecule is O=C(N[C@H]1CCOc2ccccc21)c1cc2cc([N+](=O)[O-])ccc2s1. The maximum Gasteiger partial charge on any atom is 0.270 e. The molecule has 1 aliphatic rings. The van der Waals surface area contributed by atoms with Crippen LogP contribution in [0.4, 0.5) is 5.69 Å². The Labute approximate surface area is 147 Å². The number of rotatable bonds is 3. The van der Waals surface area contributed by atoms with Gasteiger partial charge in [0.05, 0.1) is 22.4 Å². The molecule has 1 aliphatic heterocycles. The topological polar surface area (TPSA) is 81.5 Å². The van der Waals surface area contributed by atoms with E-state index in [1.54, 1.807) is 12.1 Å². The number of amides is 1. The average molecular weight is 354 g/mol. The number of nitro groups is 1. The van der Waals surface area contributed by atoms with Crippen molar-refractivity contribution in [1.29, 1.82) is 0 Å². The van der Waals surface area contributed by atoms with Crippen LogP contribution in [-0.2, 0) is 0 Å². The van der Waals surface area contributed by atoms with Gasteiger partial charge in [-0.3, -0.25) is 14.9 Å². The Morgan fingerprint density at radius 3 is 2.92 bits per heavy atom. The molecular formula is C18H14N2O4S. The Balaban J connectivity index is 1.59. The first kappa shape index (κ1) is 15.6. The Morgan fingerprint density at radius 2 is 2.08 bits per heavy atom. The van der Waals surface area contributed by atoms with Gasteiger partial charge in [-0.15, -0.1) is 11.3 Å². The molecular weight excluding hydrogens is 340 g/mol. The summed E-state index contributed by atoms with van der Waals surface area (Å²) in [7, 11) is 0. The third-order valence-corrected chi connectivity index (χ3v) is 5.31. The number of nitrogens with zero attached hydrogens (tertiary/aromatic N) is 1. The first-order chi connectivity index (χ1) is 12.1. The number of carbonyl (C=O) groups is 1. The lowest BCUT2D eigenvalue weighted by molar-refractivity contribution is -0.384. The van der Waals surface area contributed by atoms with E-state index in [-0.39, 0.29) is 17.6 Å². The standard InChI is InChI=1S/C18H14N2O4S/c21-18(19-14-7-8-24-15-4-2-1-3-13(14)15)17-10-11-9-12(20(22)23)5-6-16(11)25-17/h1-6,9-10,14H,7-8H2,(H,19,21)/t14-/m0/s1. The van der Waals surface area contributed by atoms with Crippen LogP contribution in [-0.4, -0.2) is 17.4 Å². The predicted octanol–water partition coefficient (Wildman–Crippen LogP) is 4.06. The van der Waals surface area contributed by atoms with Crippen LogP contribution in [0.3, 0.4) is 0 Å². The highest BCUT2D eigenvalue weighted by Crippen LogP contribution is 2.33. The molecule has 7 heteroatoms. The third kappa shape index (κ3) is 2.94. The zero-order valence-electron chi connectivity index (χ0n) is 13.1. The Kier molecular flexibility index (Phi) is 3.85. The van der Waals surface area contributed by atoms with Gasteiger partial charge in [-0.1, -0.05) is 18.2 Å². The van der Waals surface area contributed by atoms with Crippen molar-refractivity contribution in [2.45, 2.75) is 12.5 Å². The normalized spacial score (nSPS) is 16.1. The number of nitrogens with one attached hydrogen (secondary N) is 1. The van der Waals surface area contributed by atoms with Gasteiger partial charge in [0.15, 0.2) is 0 Å². The zero-order chi connectivity index (χ0) is 17.4. The summed E-state index contributed by atoms with van der Waals surface area (Å²) in [6.45, 7) is 0.556. The molecule has 0 aliphatic carbocycles. The largest absolute Gasteiger partial charge is 0.493 e. The van der Waals surface area contributed by atoms with Crippen LogP contribution in [0, 0.1) is 10.1 Å². The number of para-hydroxylation sites is 1. The van der Waals surface area contributed by atoms with Crippen molar-refractivity contribution in [3.8, 4) is 5.75 Å². The molecule has 1 atom stereocenters. The molecule has 2 heterocycles. The van der Waals surface area contributed by atoms with Gasteiger partial charge in [-0.05, 0) is 18.2 Å². The lowest BCUT2D eigenvalue weighted by Crippen LogP contribution is -2.31. The second-order valence-corrected chi connectivity index (χ2v) is 6.87. The van der Waals surface area contributed by atoms with E-state index in [2.05, 4.69) is 5.32 Å². The van der Waals surface area contributed by atoms with Crippen molar-refractivity contribution in [3.63, 3.8) is 0 Å². The fourth-order valence-corrected chi connectivity index (χ4v) is 3.92. The van der Waals surface area contributed by atoms with E-state index in [4.69, 9.17) is 4.74 Å². The van der Waals surface area contributed by atoms with Crippen LogP contribution in [0.15, 0.2) is 48.5 Å². The van der Waals surface area contributed by atoms with Crippen molar-refractivity contribution >= 4 is 33.0 Å². The summed E-state index contributed by atoms with van der Waals surface area (Å²) in [6, 6.07) is 13.9. The molecule has 0 unspecified atom stereocenters. The quantitative estimate of drug-likeness (QED) is 0.568. The van der Waals surface area contributed by atoms with E-state index < -0.39 is 4.92 Å². The monoisotopic (exact) mass is 354 g/mol. The molecule has 0 spiro atoms. The molecule has 25 heavy (non-hydrogen) atoms. The summed E-state index contributed by atoms with van der Waals surface area (Å²) in [5, 5.41) is 14.6. The highest BCUT2D eigenvalue weighted by atomic mass is 32.1. The van der Waals surface area contributed by atoms with E-state index in [9.17, 15) is 14.9 Å². The number of nitro benzene ring substituents is 1. The molecule has 0 saturated carbocycles. The van der Waals surface area contributed by atoms with Gasteiger partial charge in [0.25, 0.3) is 11.6 Å². The molecule has 2 aromatic carbocycles. The van der Waals surface area contributed by atoms with Crippen LogP contribution in [0.1, 0.15) is 27.7 Å². The number of non-ortho nitro benzene ring substituents is 1. The van der Waals surface area contributed by atoms with Crippen LogP contribution in [0.25, 0.3) is 10.1 Å². The van der Waals surface area contributed by atoms with Gasteiger partial charge in [-0.2, -0.15) is 0 Å². The summed E-state index contributed by atoms with van der Waals surface area (Å²) >= 11 is 1.33. The molecule has 126 valence electrons. The number of hydrogen-bond donors (Lipinski definition) is 1. The lowest BCUT2D eigenvalue weighted by atomic mass is 10.0. The minimum absolute atomic E-state index is 0.0237. The average Bonchev–Trinajstić information content (AvgIpc) is 3.05. The number of ether oxygens (including phenoxy) is 1. The fraction of sp³-hybridized carbons (Fsp3) is 0.167. The van der Waals surface area contributed by atoms with E-state index in [0.29, 0.717) is 23.3 Å². The van der Waals surface area contributed by atoms with Crippen LogP contribution < -0.4 is 10.1 Å². The summed E-state index contributed by atoms with van der Waals surface area (Å²) < 4.78 is 6.46. The van der Waals surface area contributed by atoms with Gasteiger partial charge in [0.2, 0.25) is 0 Å². The molecule has 4 rings (SSSR count). The van der Waals surface area contributed by atoms with Gasteiger partial charge in [0.1, 0.15) is 5.75 Å². The number of fused-ring (bicyclic) bond motifs is 2. The summed E-state index contributed by atoms with van der Waals surface area (Å²) in [6.07, 6.45) is 0.707. The molecule has 3 aromatic rings. The fourth-order valence-electron chi connectivity index (χ4n) is 2.98. The molecule has 6 nitrogen and oxygen atoms in total. The molecule has 1 amide bonds. The highest BCUT2D eigenvalue weighted by Gasteiger charge is 2.24. The van der Waals surface area contributed by atoms with Gasteiger partial charge >= 0.3 is 0 Å². The lowest BCUT2D eigenvalue weighted by Gasteiger charge is -2.26. The third-order valence-electron chi connectivity index (χ3n) is 4.20. The number of thiophene rings is 1. The second-order valence-electron chi connectivity index (χ2n) is 5.79. The predicted molar refractivity (Wildman–Crippen MR) is 95.2 cm³/mol. The van der Waals surface area contributed by atoms with E-state index in [0.717, 1.165) is 16.0 Å². The van der Waals surface area contributed by atoms with Crippen LogP contribution in [0.2, 0.25) is 0 Å². The molecule has 0 radical (unpaired) electrons. The first-order valence-corrected chi connectivity index (χ1v) is 8.64. The van der Waals surface area contributed by atoms with Crippen molar-refractivity contribution in [2.75, 3.05) is 6.61 Å². The Bertz CT molecular complexity index is 982. The van der Waals surface area contributed by atoms with E-state index >= 15 is 0 Å². The van der Waals surface area contributed by atoms with E-state index in [1.165, 1.54) is 23.5 Å². The Morgan fingerprint density at radius 1 is 1.24 bits per heavy atom. The summed E-state index contributed by atoms with van der Waals surface area (Å²) in [4.78, 5) is 23.6. The minimum Gasteiger partial charge on any atom is -0.493 e. The maximum atomic E-state index is 12.6. The summed E-state index contributed by atoms with van der Waals surface area (Å²) in [5.41, 5.74) is 0.995. The minimum atomic E-state index is -0.435. The maximum absolute atomic E-state index is 12.6. The molecule has 1 N–H and O–H groups in total. The van der Waals surface area contributed by atoms with Crippen molar-refractivity contribution in [1.82, 2.24) is 5.32 Å². The molecule has 0 bridgehead atoms. The first-order valence-electron chi connectivity index (χ1n) is 7.82. The van der Waals surface area contributed by atoms with Gasteiger partial charge in [0, 0.05) is 34.2 Å². The molecule has 0 saturated heterocycles.